The second-order valence-electron chi connectivity index (χ2n) is 3.61. The lowest BCUT2D eigenvalue weighted by molar-refractivity contribution is 0.281. The summed E-state index contributed by atoms with van der Waals surface area (Å²) in [4.78, 5) is 0. The van der Waals surface area contributed by atoms with Crippen molar-refractivity contribution in [1.82, 2.24) is 0 Å². The predicted octanol–water partition coefficient (Wildman–Crippen LogP) is 2.62. The standard InChI is InChI=1S/C10H14N2/c11-7-5-9-1-2-10(4-3-9)6-8-12/h9-10H,1-6H2/t9-,10-. The summed E-state index contributed by atoms with van der Waals surface area (Å²) in [5, 5.41) is 17.0. The molecule has 12 heavy (non-hydrogen) atoms. The molecule has 64 valence electrons. The third-order valence-electron chi connectivity index (χ3n) is 2.73. The van der Waals surface area contributed by atoms with Gasteiger partial charge in [0.25, 0.3) is 0 Å². The minimum absolute atomic E-state index is 0.616. The Morgan fingerprint density at radius 2 is 1.17 bits per heavy atom. The van der Waals surface area contributed by atoms with Crippen LogP contribution in [0.15, 0.2) is 0 Å². The SMILES string of the molecule is N#CC[C@H]1CC[C@H](CC#N)CC1. The first-order valence-electron chi connectivity index (χ1n) is 4.60. The highest BCUT2D eigenvalue weighted by Gasteiger charge is 2.20. The van der Waals surface area contributed by atoms with E-state index in [1.807, 2.05) is 0 Å². The van der Waals surface area contributed by atoms with Gasteiger partial charge in [0.05, 0.1) is 12.1 Å². The zero-order valence-electron chi connectivity index (χ0n) is 7.29. The topological polar surface area (TPSA) is 47.6 Å². The zero-order chi connectivity index (χ0) is 8.81. The van der Waals surface area contributed by atoms with Crippen LogP contribution in [0, 0.1) is 34.5 Å². The molecule has 0 heterocycles. The summed E-state index contributed by atoms with van der Waals surface area (Å²) in [5.41, 5.74) is 0. The van der Waals surface area contributed by atoms with Crippen molar-refractivity contribution in [1.29, 1.82) is 10.5 Å². The number of hydrogen-bond donors (Lipinski definition) is 0. The molecule has 1 aliphatic rings. The predicted molar refractivity (Wildman–Crippen MR) is 45.9 cm³/mol. The highest BCUT2D eigenvalue weighted by molar-refractivity contribution is 4.84. The number of rotatable bonds is 2. The molecule has 0 spiro atoms. The molecule has 0 radical (unpaired) electrons. The molecule has 0 atom stereocenters. The van der Waals surface area contributed by atoms with Crippen LogP contribution in [0.3, 0.4) is 0 Å². The van der Waals surface area contributed by atoms with Gasteiger partial charge in [-0.25, -0.2) is 0 Å². The minimum atomic E-state index is 0.616. The highest BCUT2D eigenvalue weighted by atomic mass is 14.3. The van der Waals surface area contributed by atoms with E-state index in [4.69, 9.17) is 10.5 Å². The van der Waals surface area contributed by atoms with Gasteiger partial charge in [0.15, 0.2) is 0 Å². The molecule has 0 saturated heterocycles. The second kappa shape index (κ2) is 4.78. The van der Waals surface area contributed by atoms with Gasteiger partial charge in [-0.1, -0.05) is 0 Å². The van der Waals surface area contributed by atoms with Crippen LogP contribution in [0.5, 0.6) is 0 Å². The summed E-state index contributed by atoms with van der Waals surface area (Å²) in [7, 11) is 0. The first-order chi connectivity index (χ1) is 5.86. The van der Waals surface area contributed by atoms with Crippen molar-refractivity contribution in [3.8, 4) is 12.1 Å². The first-order valence-corrected chi connectivity index (χ1v) is 4.60. The van der Waals surface area contributed by atoms with Crippen molar-refractivity contribution in [3.05, 3.63) is 0 Å². The maximum atomic E-state index is 8.49. The van der Waals surface area contributed by atoms with Crippen LogP contribution >= 0.6 is 0 Å². The van der Waals surface area contributed by atoms with Gasteiger partial charge in [0.2, 0.25) is 0 Å². The van der Waals surface area contributed by atoms with Gasteiger partial charge >= 0.3 is 0 Å². The van der Waals surface area contributed by atoms with Gasteiger partial charge < -0.3 is 0 Å². The molecule has 1 rings (SSSR count). The van der Waals surface area contributed by atoms with E-state index < -0.39 is 0 Å². The molecule has 0 aromatic carbocycles. The summed E-state index contributed by atoms with van der Waals surface area (Å²) in [6.07, 6.45) is 6.03. The van der Waals surface area contributed by atoms with Crippen molar-refractivity contribution in [2.24, 2.45) is 11.8 Å². The third-order valence-corrected chi connectivity index (χ3v) is 2.73. The van der Waals surface area contributed by atoms with Gasteiger partial charge in [-0.15, -0.1) is 0 Å². The van der Waals surface area contributed by atoms with Crippen LogP contribution in [0.2, 0.25) is 0 Å². The van der Waals surface area contributed by atoms with E-state index in [-0.39, 0.29) is 0 Å². The van der Waals surface area contributed by atoms with Crippen LogP contribution < -0.4 is 0 Å². The Hall–Kier alpha value is -1.02. The number of hydrogen-bond acceptors (Lipinski definition) is 2. The molecule has 1 fully saturated rings. The number of nitriles is 2. The lowest BCUT2D eigenvalue weighted by Crippen LogP contribution is -2.13. The lowest BCUT2D eigenvalue weighted by atomic mass is 9.80. The van der Waals surface area contributed by atoms with Gasteiger partial charge in [0.1, 0.15) is 0 Å². The van der Waals surface area contributed by atoms with Crippen molar-refractivity contribution in [2.75, 3.05) is 0 Å². The average Bonchev–Trinajstić information content (AvgIpc) is 2.09. The molecular weight excluding hydrogens is 148 g/mol. The molecule has 0 aromatic heterocycles. The second-order valence-corrected chi connectivity index (χ2v) is 3.61. The van der Waals surface area contributed by atoms with Crippen molar-refractivity contribution in [2.45, 2.75) is 38.5 Å². The quantitative estimate of drug-likeness (QED) is 0.626. The van der Waals surface area contributed by atoms with E-state index in [0.717, 1.165) is 25.7 Å². The summed E-state index contributed by atoms with van der Waals surface area (Å²) in [5.74, 6) is 1.23. The molecular formula is C10H14N2. The molecule has 0 aliphatic heterocycles. The maximum Gasteiger partial charge on any atom is 0.0624 e. The molecule has 0 N–H and O–H groups in total. The van der Waals surface area contributed by atoms with E-state index in [0.29, 0.717) is 24.7 Å². The Labute approximate surface area is 73.8 Å². The van der Waals surface area contributed by atoms with E-state index >= 15 is 0 Å². The molecule has 0 unspecified atom stereocenters. The summed E-state index contributed by atoms with van der Waals surface area (Å²) < 4.78 is 0. The van der Waals surface area contributed by atoms with Crippen molar-refractivity contribution < 1.29 is 0 Å². The van der Waals surface area contributed by atoms with E-state index in [1.165, 1.54) is 0 Å². The molecule has 0 aromatic rings. The maximum absolute atomic E-state index is 8.49. The Balaban J connectivity index is 2.22. The van der Waals surface area contributed by atoms with Crippen LogP contribution in [-0.4, -0.2) is 0 Å². The van der Waals surface area contributed by atoms with Gasteiger partial charge in [-0.3, -0.25) is 0 Å². The van der Waals surface area contributed by atoms with Crippen LogP contribution in [0.4, 0.5) is 0 Å². The largest absolute Gasteiger partial charge is 0.198 e. The van der Waals surface area contributed by atoms with Gasteiger partial charge in [-0.05, 0) is 37.5 Å². The Kier molecular flexibility index (Phi) is 3.61. The molecule has 2 heteroatoms. The first kappa shape index (κ1) is 9.07. The van der Waals surface area contributed by atoms with E-state index in [2.05, 4.69) is 12.1 Å². The summed E-state index contributed by atoms with van der Waals surface area (Å²) >= 11 is 0. The molecule has 1 saturated carbocycles. The van der Waals surface area contributed by atoms with Crippen molar-refractivity contribution >= 4 is 0 Å². The monoisotopic (exact) mass is 162 g/mol. The lowest BCUT2D eigenvalue weighted by Gasteiger charge is -2.25. The summed E-state index contributed by atoms with van der Waals surface area (Å²) in [6.45, 7) is 0. The fraction of sp³-hybridized carbons (Fsp3) is 0.800. The number of nitrogens with zero attached hydrogens (tertiary/aromatic N) is 2. The fourth-order valence-electron chi connectivity index (χ4n) is 1.90. The van der Waals surface area contributed by atoms with E-state index in [9.17, 15) is 0 Å². The Morgan fingerprint density at radius 1 is 0.833 bits per heavy atom. The molecule has 2 nitrogen and oxygen atoms in total. The fourth-order valence-corrected chi connectivity index (χ4v) is 1.90. The molecule has 0 amide bonds. The van der Waals surface area contributed by atoms with Crippen molar-refractivity contribution in [3.63, 3.8) is 0 Å². The zero-order valence-corrected chi connectivity index (χ0v) is 7.29. The van der Waals surface area contributed by atoms with E-state index in [1.54, 1.807) is 0 Å². The van der Waals surface area contributed by atoms with Crippen LogP contribution in [0.25, 0.3) is 0 Å². The molecule has 0 bridgehead atoms. The molecule has 1 aliphatic carbocycles. The Bertz CT molecular complexity index is 177. The third kappa shape index (κ3) is 2.55. The summed E-state index contributed by atoms with van der Waals surface area (Å²) in [6, 6.07) is 4.44. The Morgan fingerprint density at radius 3 is 1.42 bits per heavy atom. The average molecular weight is 162 g/mol. The van der Waals surface area contributed by atoms with Gasteiger partial charge in [-0.2, -0.15) is 10.5 Å². The normalized spacial score (nSPS) is 28.8. The van der Waals surface area contributed by atoms with Crippen LogP contribution in [0.1, 0.15) is 38.5 Å². The van der Waals surface area contributed by atoms with Crippen LogP contribution in [-0.2, 0) is 0 Å². The minimum Gasteiger partial charge on any atom is -0.198 e. The smallest absolute Gasteiger partial charge is 0.0624 e. The highest BCUT2D eigenvalue weighted by Crippen LogP contribution is 2.31. The van der Waals surface area contributed by atoms with Gasteiger partial charge in [0, 0.05) is 12.8 Å².